The van der Waals surface area contributed by atoms with E-state index >= 15 is 0 Å². The summed E-state index contributed by atoms with van der Waals surface area (Å²) in [5, 5.41) is 2.71. The highest BCUT2D eigenvalue weighted by Crippen LogP contribution is 2.34. The number of hydrogen-bond acceptors (Lipinski definition) is 5. The Bertz CT molecular complexity index is 1080. The number of carbonyl (C=O) groups excluding carboxylic acids is 3. The van der Waals surface area contributed by atoms with Crippen molar-refractivity contribution in [2.45, 2.75) is 13.8 Å². The van der Waals surface area contributed by atoms with Crippen molar-refractivity contribution in [2.24, 2.45) is 5.92 Å². The summed E-state index contributed by atoms with van der Waals surface area (Å²) in [6, 6.07) is 10.4. The number of anilines is 2. The maximum absolute atomic E-state index is 12.5. The fourth-order valence-electron chi connectivity index (χ4n) is 2.87. The number of nitrogens with one attached hydrogen (secondary N) is 1. The zero-order valence-corrected chi connectivity index (χ0v) is 16.7. The molecule has 28 heavy (non-hydrogen) atoms. The van der Waals surface area contributed by atoms with Gasteiger partial charge in [0, 0.05) is 16.8 Å². The normalized spacial score (nSPS) is 18.2. The number of nitrogens with zero attached hydrogens (tertiary/aromatic N) is 1. The molecule has 0 aliphatic carbocycles. The van der Waals surface area contributed by atoms with Gasteiger partial charge in [-0.25, -0.2) is 12.7 Å². The van der Waals surface area contributed by atoms with Crippen LogP contribution in [0.5, 0.6) is 0 Å². The molecule has 0 aromatic heterocycles. The van der Waals surface area contributed by atoms with Gasteiger partial charge in [0.1, 0.15) is 0 Å². The highest BCUT2D eigenvalue weighted by Gasteiger charge is 2.43. The number of halogens is 1. The largest absolute Gasteiger partial charge is 0.322 e. The average Bonchev–Trinajstić information content (AvgIpc) is 2.83. The first-order chi connectivity index (χ1) is 13.1. The maximum atomic E-state index is 12.5. The summed E-state index contributed by atoms with van der Waals surface area (Å²) in [7, 11) is -3.84. The number of amides is 2. The van der Waals surface area contributed by atoms with E-state index in [4.69, 9.17) is 11.6 Å². The minimum Gasteiger partial charge on any atom is -0.322 e. The molecule has 0 bridgehead atoms. The molecule has 7 nitrogen and oxygen atoms in total. The number of sulfonamides is 1. The standard InChI is InChI=1S/C19H17ClN2O5S/c1-11-10-28(26,27)22(19(11)25)17-9-14(5-8-16(17)20)18(24)21-15-6-3-13(4-7-15)12(2)23/h3-9,11H,10H2,1-2H3,(H,21,24). The number of ketones is 1. The molecule has 0 saturated carbocycles. The Labute approximate surface area is 167 Å². The lowest BCUT2D eigenvalue weighted by atomic mass is 10.1. The molecule has 9 heteroatoms. The predicted octanol–water partition coefficient (Wildman–Crippen LogP) is 3.11. The van der Waals surface area contributed by atoms with E-state index in [0.29, 0.717) is 15.6 Å². The molecule has 0 spiro atoms. The number of carbonyl (C=O) groups is 3. The van der Waals surface area contributed by atoms with Crippen LogP contribution >= 0.6 is 11.6 Å². The SMILES string of the molecule is CC(=O)c1ccc(NC(=O)c2ccc(Cl)c(N3C(=O)C(C)CS3(=O)=O)c2)cc1. The minimum atomic E-state index is -3.84. The lowest BCUT2D eigenvalue weighted by Gasteiger charge is -2.17. The van der Waals surface area contributed by atoms with Gasteiger partial charge in [0.2, 0.25) is 15.9 Å². The van der Waals surface area contributed by atoms with E-state index in [9.17, 15) is 22.8 Å². The Morgan fingerprint density at radius 3 is 2.25 bits per heavy atom. The van der Waals surface area contributed by atoms with Crippen molar-refractivity contribution in [1.82, 2.24) is 0 Å². The van der Waals surface area contributed by atoms with Crippen molar-refractivity contribution in [3.05, 3.63) is 58.6 Å². The summed E-state index contributed by atoms with van der Waals surface area (Å²) in [5.74, 6) is -2.17. The van der Waals surface area contributed by atoms with Crippen molar-refractivity contribution in [3.8, 4) is 0 Å². The first-order valence-corrected chi connectivity index (χ1v) is 10.4. The van der Waals surface area contributed by atoms with E-state index in [-0.39, 0.29) is 27.8 Å². The predicted molar refractivity (Wildman–Crippen MR) is 106 cm³/mol. The molecule has 1 heterocycles. The van der Waals surface area contributed by atoms with Crippen LogP contribution in [0.2, 0.25) is 5.02 Å². The molecule has 1 unspecified atom stereocenters. The maximum Gasteiger partial charge on any atom is 0.255 e. The molecular formula is C19H17ClN2O5S. The summed E-state index contributed by atoms with van der Waals surface area (Å²) in [5.41, 5.74) is 1.07. The van der Waals surface area contributed by atoms with E-state index in [1.54, 1.807) is 24.3 Å². The monoisotopic (exact) mass is 420 g/mol. The first kappa shape index (κ1) is 20.0. The molecule has 1 fully saturated rings. The van der Waals surface area contributed by atoms with Crippen LogP contribution < -0.4 is 9.62 Å². The van der Waals surface area contributed by atoms with Crippen molar-refractivity contribution >= 4 is 50.6 Å². The molecular weight excluding hydrogens is 404 g/mol. The third-order valence-electron chi connectivity index (χ3n) is 4.34. The van der Waals surface area contributed by atoms with Gasteiger partial charge in [0.15, 0.2) is 5.78 Å². The number of Topliss-reactive ketones (excluding diaryl/α,β-unsaturated/α-hetero) is 1. The fourth-order valence-corrected chi connectivity index (χ4v) is 4.95. The summed E-state index contributed by atoms with van der Waals surface area (Å²) in [6.07, 6.45) is 0. The summed E-state index contributed by atoms with van der Waals surface area (Å²) < 4.78 is 25.3. The average molecular weight is 421 g/mol. The van der Waals surface area contributed by atoms with Crippen molar-refractivity contribution in [2.75, 3.05) is 15.4 Å². The minimum absolute atomic E-state index is 0.0457. The van der Waals surface area contributed by atoms with Crippen LogP contribution in [0.15, 0.2) is 42.5 Å². The Balaban J connectivity index is 1.90. The Morgan fingerprint density at radius 1 is 1.11 bits per heavy atom. The molecule has 2 aromatic carbocycles. The molecule has 1 aliphatic heterocycles. The molecule has 2 amide bonds. The number of rotatable bonds is 4. The Kier molecular flexibility index (Phi) is 5.27. The molecule has 0 radical (unpaired) electrons. The second-order valence-corrected chi connectivity index (χ2v) is 8.81. The van der Waals surface area contributed by atoms with E-state index in [1.165, 1.54) is 32.0 Å². The van der Waals surface area contributed by atoms with Gasteiger partial charge >= 0.3 is 0 Å². The van der Waals surface area contributed by atoms with E-state index in [1.807, 2.05) is 0 Å². The van der Waals surface area contributed by atoms with Crippen LogP contribution in [0.3, 0.4) is 0 Å². The topological polar surface area (TPSA) is 101 Å². The van der Waals surface area contributed by atoms with E-state index in [0.717, 1.165) is 0 Å². The van der Waals surface area contributed by atoms with Crippen LogP contribution in [0.25, 0.3) is 0 Å². The third-order valence-corrected chi connectivity index (χ3v) is 6.51. The van der Waals surface area contributed by atoms with Crippen LogP contribution in [0.4, 0.5) is 11.4 Å². The van der Waals surface area contributed by atoms with Gasteiger partial charge in [-0.3, -0.25) is 14.4 Å². The Hall–Kier alpha value is -2.71. The molecule has 1 atom stereocenters. The van der Waals surface area contributed by atoms with Gasteiger partial charge < -0.3 is 5.32 Å². The lowest BCUT2D eigenvalue weighted by Crippen LogP contribution is -2.30. The molecule has 1 aliphatic rings. The first-order valence-electron chi connectivity index (χ1n) is 8.39. The molecule has 2 aromatic rings. The van der Waals surface area contributed by atoms with Gasteiger partial charge in [-0.05, 0) is 49.4 Å². The van der Waals surface area contributed by atoms with Gasteiger partial charge in [0.25, 0.3) is 5.91 Å². The summed E-state index contributed by atoms with van der Waals surface area (Å²) >= 11 is 6.11. The third kappa shape index (κ3) is 3.79. The van der Waals surface area contributed by atoms with E-state index in [2.05, 4.69) is 5.32 Å². The zero-order valence-electron chi connectivity index (χ0n) is 15.1. The van der Waals surface area contributed by atoms with Crippen molar-refractivity contribution in [3.63, 3.8) is 0 Å². The second kappa shape index (κ2) is 7.37. The zero-order chi connectivity index (χ0) is 20.6. The Morgan fingerprint density at radius 2 is 1.71 bits per heavy atom. The molecule has 3 rings (SSSR count). The van der Waals surface area contributed by atoms with Gasteiger partial charge in [-0.2, -0.15) is 0 Å². The molecule has 1 saturated heterocycles. The number of hydrogen-bond donors (Lipinski definition) is 1. The molecule has 1 N–H and O–H groups in total. The van der Waals surface area contributed by atoms with Crippen molar-refractivity contribution in [1.29, 1.82) is 0 Å². The smallest absolute Gasteiger partial charge is 0.255 e. The van der Waals surface area contributed by atoms with Crippen LogP contribution in [0, 0.1) is 5.92 Å². The lowest BCUT2D eigenvalue weighted by molar-refractivity contribution is -0.119. The summed E-state index contributed by atoms with van der Waals surface area (Å²) in [6.45, 7) is 2.96. The second-order valence-electron chi connectivity index (χ2n) is 6.54. The quantitative estimate of drug-likeness (QED) is 0.766. The van der Waals surface area contributed by atoms with E-state index < -0.39 is 27.8 Å². The molecule has 146 valence electrons. The van der Waals surface area contributed by atoms with Crippen molar-refractivity contribution < 1.29 is 22.8 Å². The highest BCUT2D eigenvalue weighted by atomic mass is 35.5. The van der Waals surface area contributed by atoms with Gasteiger partial charge in [0.05, 0.1) is 22.4 Å². The van der Waals surface area contributed by atoms with Crippen LogP contribution in [-0.2, 0) is 14.8 Å². The number of benzene rings is 2. The van der Waals surface area contributed by atoms with Crippen LogP contribution in [-0.4, -0.2) is 31.8 Å². The van der Waals surface area contributed by atoms with Gasteiger partial charge in [-0.1, -0.05) is 18.5 Å². The van der Waals surface area contributed by atoms with Gasteiger partial charge in [-0.15, -0.1) is 0 Å². The highest BCUT2D eigenvalue weighted by molar-refractivity contribution is 7.94. The van der Waals surface area contributed by atoms with Crippen LogP contribution in [0.1, 0.15) is 34.6 Å². The summed E-state index contributed by atoms with van der Waals surface area (Å²) in [4.78, 5) is 36.2. The fraction of sp³-hybridized carbons (Fsp3) is 0.211.